The quantitative estimate of drug-likeness (QED) is 0.569. The topological polar surface area (TPSA) is 80.4 Å². The van der Waals surface area contributed by atoms with Crippen molar-refractivity contribution in [3.63, 3.8) is 0 Å². The predicted molar refractivity (Wildman–Crippen MR) is 80.1 cm³/mol. The average Bonchev–Trinajstić information content (AvgIpc) is 2.92. The van der Waals surface area contributed by atoms with Crippen molar-refractivity contribution in [2.75, 3.05) is 40.3 Å². The number of hydrogen-bond acceptors (Lipinski definition) is 4. The Kier molecular flexibility index (Phi) is 5.41. The summed E-state index contributed by atoms with van der Waals surface area (Å²) in [6.45, 7) is 4.75. The molecule has 2 saturated heterocycles. The molecule has 120 valence electrons. The van der Waals surface area contributed by atoms with E-state index in [0.29, 0.717) is 19.1 Å². The molecule has 2 N–H and O–H groups in total. The highest BCUT2D eigenvalue weighted by Crippen LogP contribution is 2.21. The van der Waals surface area contributed by atoms with E-state index in [1.165, 1.54) is 0 Å². The Labute approximate surface area is 126 Å². The number of nitrogens with zero attached hydrogens (tertiary/aromatic N) is 3. The molecule has 7 nitrogen and oxygen atoms in total. The summed E-state index contributed by atoms with van der Waals surface area (Å²) in [6, 6.07) is 0. The van der Waals surface area contributed by atoms with Gasteiger partial charge < -0.3 is 25.0 Å². The monoisotopic (exact) mass is 298 g/mol. The Morgan fingerprint density at radius 3 is 2.86 bits per heavy atom. The van der Waals surface area contributed by atoms with Crippen molar-refractivity contribution < 1.29 is 14.3 Å². The summed E-state index contributed by atoms with van der Waals surface area (Å²) in [7, 11) is 3.49. The van der Waals surface area contributed by atoms with E-state index >= 15 is 0 Å². The zero-order valence-corrected chi connectivity index (χ0v) is 13.1. The summed E-state index contributed by atoms with van der Waals surface area (Å²) < 4.78 is 11.2. The molecule has 2 aliphatic heterocycles. The number of ether oxygens (including phenoxy) is 2. The van der Waals surface area contributed by atoms with Gasteiger partial charge in [0.15, 0.2) is 5.96 Å². The Balaban J connectivity index is 1.80. The van der Waals surface area contributed by atoms with Crippen molar-refractivity contribution in [1.29, 1.82) is 0 Å². The second-order valence-corrected chi connectivity index (χ2v) is 5.88. The molecule has 0 saturated carbocycles. The Bertz CT molecular complexity index is 400. The fourth-order valence-electron chi connectivity index (χ4n) is 2.63. The molecule has 0 aromatic carbocycles. The molecule has 2 rings (SSSR count). The van der Waals surface area contributed by atoms with Gasteiger partial charge in [0, 0.05) is 27.2 Å². The largest absolute Gasteiger partial charge is 0.375 e. The van der Waals surface area contributed by atoms with E-state index < -0.39 is 0 Å². The zero-order chi connectivity index (χ0) is 15.4. The molecule has 0 aromatic heterocycles. The first-order valence-electron chi connectivity index (χ1n) is 7.50. The number of morpholine rings is 1. The van der Waals surface area contributed by atoms with Crippen molar-refractivity contribution in [3.8, 4) is 0 Å². The SMILES string of the molecule is CC1CN(C(N)=NCC2CCC(C(=O)N(C)C)O2)CCO1. The van der Waals surface area contributed by atoms with Gasteiger partial charge in [0.1, 0.15) is 6.10 Å². The number of hydrogen-bond donors (Lipinski definition) is 1. The third-order valence-electron chi connectivity index (χ3n) is 3.85. The van der Waals surface area contributed by atoms with Crippen LogP contribution >= 0.6 is 0 Å². The molecule has 21 heavy (non-hydrogen) atoms. The maximum atomic E-state index is 11.8. The van der Waals surface area contributed by atoms with Crippen LogP contribution in [0.2, 0.25) is 0 Å². The number of rotatable bonds is 3. The summed E-state index contributed by atoms with van der Waals surface area (Å²) in [4.78, 5) is 19.9. The zero-order valence-electron chi connectivity index (χ0n) is 13.1. The molecule has 7 heteroatoms. The highest BCUT2D eigenvalue weighted by atomic mass is 16.5. The van der Waals surface area contributed by atoms with Gasteiger partial charge in [0.2, 0.25) is 0 Å². The average molecular weight is 298 g/mol. The molecule has 2 aliphatic rings. The second kappa shape index (κ2) is 7.09. The van der Waals surface area contributed by atoms with Gasteiger partial charge in [0.05, 0.1) is 25.4 Å². The third kappa shape index (κ3) is 4.31. The van der Waals surface area contributed by atoms with E-state index in [9.17, 15) is 4.79 Å². The van der Waals surface area contributed by atoms with Crippen LogP contribution in [0.25, 0.3) is 0 Å². The van der Waals surface area contributed by atoms with Gasteiger partial charge in [-0.05, 0) is 19.8 Å². The summed E-state index contributed by atoms with van der Waals surface area (Å²) >= 11 is 0. The molecule has 2 fully saturated rings. The minimum atomic E-state index is -0.329. The molecule has 2 heterocycles. The van der Waals surface area contributed by atoms with Crippen LogP contribution < -0.4 is 5.73 Å². The van der Waals surface area contributed by atoms with Crippen LogP contribution in [0.5, 0.6) is 0 Å². The Morgan fingerprint density at radius 1 is 1.43 bits per heavy atom. The van der Waals surface area contributed by atoms with E-state index in [1.807, 2.05) is 11.8 Å². The number of carbonyl (C=O) groups excluding carboxylic acids is 1. The van der Waals surface area contributed by atoms with Crippen LogP contribution in [0.3, 0.4) is 0 Å². The number of amides is 1. The minimum absolute atomic E-state index is 0.0177. The van der Waals surface area contributed by atoms with Gasteiger partial charge >= 0.3 is 0 Å². The normalized spacial score (nSPS) is 30.5. The lowest BCUT2D eigenvalue weighted by Crippen LogP contribution is -2.48. The summed E-state index contributed by atoms with van der Waals surface area (Å²) in [6.07, 6.45) is 1.43. The van der Waals surface area contributed by atoms with Crippen LogP contribution in [-0.4, -0.2) is 80.3 Å². The van der Waals surface area contributed by atoms with Crippen LogP contribution in [0.4, 0.5) is 0 Å². The summed E-state index contributed by atoms with van der Waals surface area (Å²) in [5.41, 5.74) is 6.02. The first-order chi connectivity index (χ1) is 9.97. The molecular weight excluding hydrogens is 272 g/mol. The highest BCUT2D eigenvalue weighted by Gasteiger charge is 2.31. The van der Waals surface area contributed by atoms with E-state index in [2.05, 4.69) is 4.99 Å². The molecule has 3 atom stereocenters. The van der Waals surface area contributed by atoms with Crippen molar-refractivity contribution in [2.45, 2.75) is 38.1 Å². The van der Waals surface area contributed by atoms with Crippen LogP contribution in [0, 0.1) is 0 Å². The standard InChI is InChI=1S/C14H26N4O3/c1-10-9-18(6-7-20-10)14(15)16-8-11-4-5-12(21-11)13(19)17(2)3/h10-12H,4-9H2,1-3H3,(H2,15,16). The van der Waals surface area contributed by atoms with Gasteiger partial charge in [-0.3, -0.25) is 9.79 Å². The lowest BCUT2D eigenvalue weighted by atomic mass is 10.2. The predicted octanol–water partition coefficient (Wildman–Crippen LogP) is -0.342. The summed E-state index contributed by atoms with van der Waals surface area (Å²) in [5.74, 6) is 0.563. The third-order valence-corrected chi connectivity index (χ3v) is 3.85. The fourth-order valence-corrected chi connectivity index (χ4v) is 2.63. The smallest absolute Gasteiger partial charge is 0.251 e. The van der Waals surface area contributed by atoms with Gasteiger partial charge in [0.25, 0.3) is 5.91 Å². The fraction of sp³-hybridized carbons (Fsp3) is 0.857. The van der Waals surface area contributed by atoms with E-state index in [1.54, 1.807) is 19.0 Å². The maximum absolute atomic E-state index is 11.8. The van der Waals surface area contributed by atoms with Gasteiger partial charge in [-0.15, -0.1) is 0 Å². The first-order valence-corrected chi connectivity index (χ1v) is 7.50. The number of aliphatic imine (C=N–C) groups is 1. The number of likely N-dealkylation sites (N-methyl/N-ethyl adjacent to an activating group) is 1. The lowest BCUT2D eigenvalue weighted by Gasteiger charge is -2.32. The van der Waals surface area contributed by atoms with Crippen LogP contribution in [0.1, 0.15) is 19.8 Å². The summed E-state index contributed by atoms with van der Waals surface area (Å²) in [5, 5.41) is 0. The van der Waals surface area contributed by atoms with Gasteiger partial charge in [-0.1, -0.05) is 0 Å². The van der Waals surface area contributed by atoms with Crippen molar-refractivity contribution in [1.82, 2.24) is 9.80 Å². The highest BCUT2D eigenvalue weighted by molar-refractivity contribution is 5.80. The minimum Gasteiger partial charge on any atom is -0.375 e. The van der Waals surface area contributed by atoms with Gasteiger partial charge in [-0.25, -0.2) is 0 Å². The molecule has 0 radical (unpaired) electrons. The van der Waals surface area contributed by atoms with Crippen LogP contribution in [-0.2, 0) is 14.3 Å². The Morgan fingerprint density at radius 2 is 2.19 bits per heavy atom. The van der Waals surface area contributed by atoms with E-state index in [-0.39, 0.29) is 24.2 Å². The lowest BCUT2D eigenvalue weighted by molar-refractivity contribution is -0.140. The molecule has 0 aliphatic carbocycles. The first kappa shape index (κ1) is 16.0. The van der Waals surface area contributed by atoms with Crippen molar-refractivity contribution in [2.24, 2.45) is 10.7 Å². The number of guanidine groups is 1. The number of nitrogens with two attached hydrogens (primary N) is 1. The molecule has 0 aromatic rings. The molecule has 3 unspecified atom stereocenters. The Hall–Kier alpha value is -1.34. The molecule has 1 amide bonds. The van der Waals surface area contributed by atoms with Crippen LogP contribution in [0.15, 0.2) is 4.99 Å². The second-order valence-electron chi connectivity index (χ2n) is 5.88. The molecular formula is C14H26N4O3. The number of carbonyl (C=O) groups is 1. The maximum Gasteiger partial charge on any atom is 0.251 e. The van der Waals surface area contributed by atoms with Crippen molar-refractivity contribution in [3.05, 3.63) is 0 Å². The van der Waals surface area contributed by atoms with Gasteiger partial charge in [-0.2, -0.15) is 0 Å². The van der Waals surface area contributed by atoms with Crippen molar-refractivity contribution >= 4 is 11.9 Å². The molecule has 0 spiro atoms. The molecule has 0 bridgehead atoms. The van der Waals surface area contributed by atoms with E-state index in [4.69, 9.17) is 15.2 Å². The van der Waals surface area contributed by atoms with E-state index in [0.717, 1.165) is 25.9 Å².